The molecule has 1 aromatic rings. The molecule has 0 unspecified atom stereocenters. The van der Waals surface area contributed by atoms with Crippen LogP contribution < -0.4 is 11.2 Å². The lowest BCUT2D eigenvalue weighted by atomic mass is 10.2. The summed E-state index contributed by atoms with van der Waals surface area (Å²) in [5.74, 6) is 0.941. The van der Waals surface area contributed by atoms with Crippen LogP contribution in [0.15, 0.2) is 33.6 Å². The highest BCUT2D eigenvalue weighted by Gasteiger charge is 2.26. The van der Waals surface area contributed by atoms with Crippen molar-refractivity contribution >= 4 is 34.7 Å². The Kier molecular flexibility index (Phi) is 3.98. The van der Waals surface area contributed by atoms with E-state index in [1.54, 1.807) is 18.3 Å². The minimum Gasteiger partial charge on any atom is -0.380 e. The van der Waals surface area contributed by atoms with Crippen LogP contribution in [-0.2, 0) is 4.74 Å². The van der Waals surface area contributed by atoms with E-state index in [9.17, 15) is 0 Å². The van der Waals surface area contributed by atoms with E-state index in [1.807, 2.05) is 4.90 Å². The summed E-state index contributed by atoms with van der Waals surface area (Å²) in [6.45, 7) is 2.79. The Morgan fingerprint density at radius 2 is 2.10 bits per heavy atom. The molecule has 0 spiro atoms. The second-order valence-electron chi connectivity index (χ2n) is 4.45. The largest absolute Gasteiger partial charge is 0.380 e. The number of halogens is 1. The third kappa shape index (κ3) is 3.11. The smallest absolute Gasteiger partial charge is 0.183 e. The van der Waals surface area contributed by atoms with Crippen molar-refractivity contribution in [2.45, 2.75) is 0 Å². The first-order valence-corrected chi connectivity index (χ1v) is 6.81. The minimum absolute atomic E-state index is 0.283. The van der Waals surface area contributed by atoms with E-state index in [-0.39, 0.29) is 5.84 Å². The molecule has 3 heterocycles. The Morgan fingerprint density at radius 1 is 1.29 bits per heavy atom. The molecule has 0 saturated carbocycles. The van der Waals surface area contributed by atoms with Gasteiger partial charge in [-0.25, -0.2) is 4.98 Å². The van der Waals surface area contributed by atoms with E-state index in [0.29, 0.717) is 35.6 Å². The highest BCUT2D eigenvalue weighted by molar-refractivity contribution is 6.68. The van der Waals surface area contributed by atoms with Crippen molar-refractivity contribution in [1.82, 2.24) is 9.88 Å². The number of amidine groups is 2. The molecule has 21 heavy (non-hydrogen) atoms. The number of anilines is 1. The number of nitrogens with zero attached hydrogens (tertiary/aromatic N) is 5. The zero-order chi connectivity index (χ0) is 14.7. The number of morpholine rings is 1. The first kappa shape index (κ1) is 13.8. The van der Waals surface area contributed by atoms with Crippen molar-refractivity contribution in [2.75, 3.05) is 31.7 Å². The maximum atomic E-state index is 5.83. The van der Waals surface area contributed by atoms with Crippen molar-refractivity contribution in [3.05, 3.63) is 23.5 Å². The number of ether oxygens (including phenoxy) is 1. The standard InChI is InChI=1S/C12H14ClN7O/c13-9-2-1-8(7-15-9)16-17-10-11(14)18-19-12(10)20-3-5-21-6-4-20/h1-2,7,16H,3-6H2,(H2,14,17,18). The highest BCUT2D eigenvalue weighted by Crippen LogP contribution is 2.11. The van der Waals surface area contributed by atoms with E-state index in [0.717, 1.165) is 13.1 Å². The molecule has 1 aromatic heterocycles. The lowest BCUT2D eigenvalue weighted by molar-refractivity contribution is 0.0689. The molecule has 3 rings (SSSR count). The van der Waals surface area contributed by atoms with Gasteiger partial charge in [-0.3, -0.25) is 5.43 Å². The van der Waals surface area contributed by atoms with E-state index >= 15 is 0 Å². The van der Waals surface area contributed by atoms with Crippen molar-refractivity contribution in [3.63, 3.8) is 0 Å². The molecular weight excluding hydrogens is 294 g/mol. The fourth-order valence-electron chi connectivity index (χ4n) is 1.97. The van der Waals surface area contributed by atoms with Gasteiger partial charge >= 0.3 is 0 Å². The Bertz CT molecular complexity index is 605. The van der Waals surface area contributed by atoms with Crippen LogP contribution in [0.1, 0.15) is 0 Å². The van der Waals surface area contributed by atoms with Crippen LogP contribution in [0, 0.1) is 0 Å². The molecule has 0 amide bonds. The molecule has 9 heteroatoms. The molecule has 0 bridgehead atoms. The monoisotopic (exact) mass is 307 g/mol. The van der Waals surface area contributed by atoms with Gasteiger partial charge in [-0.2, -0.15) is 5.10 Å². The molecule has 0 aliphatic carbocycles. The number of nitrogens with one attached hydrogen (secondary N) is 1. The van der Waals surface area contributed by atoms with Gasteiger partial charge in [-0.05, 0) is 12.1 Å². The average Bonchev–Trinajstić information content (AvgIpc) is 2.89. The fraction of sp³-hybridized carbons (Fsp3) is 0.333. The maximum Gasteiger partial charge on any atom is 0.183 e. The number of hydrogen-bond donors (Lipinski definition) is 2. The Morgan fingerprint density at radius 3 is 2.81 bits per heavy atom. The molecule has 1 saturated heterocycles. The summed E-state index contributed by atoms with van der Waals surface area (Å²) in [6, 6.07) is 3.44. The number of hydrogen-bond acceptors (Lipinski definition) is 8. The van der Waals surface area contributed by atoms with Crippen molar-refractivity contribution in [2.24, 2.45) is 21.0 Å². The third-order valence-corrected chi connectivity index (χ3v) is 3.27. The van der Waals surface area contributed by atoms with Crippen LogP contribution in [0.25, 0.3) is 0 Å². The summed E-state index contributed by atoms with van der Waals surface area (Å²) >= 11 is 5.74. The molecule has 1 fully saturated rings. The average molecular weight is 308 g/mol. The van der Waals surface area contributed by atoms with Crippen LogP contribution in [0.3, 0.4) is 0 Å². The Hall–Kier alpha value is -2.19. The van der Waals surface area contributed by atoms with Crippen LogP contribution in [-0.4, -0.2) is 53.6 Å². The van der Waals surface area contributed by atoms with Crippen LogP contribution in [0.5, 0.6) is 0 Å². The lowest BCUT2D eigenvalue weighted by Gasteiger charge is -2.28. The predicted octanol–water partition coefficient (Wildman–Crippen LogP) is 0.519. The molecule has 0 radical (unpaired) electrons. The van der Waals surface area contributed by atoms with Crippen molar-refractivity contribution in [3.8, 4) is 0 Å². The predicted molar refractivity (Wildman–Crippen MR) is 81.8 cm³/mol. The van der Waals surface area contributed by atoms with Gasteiger partial charge in [0.2, 0.25) is 0 Å². The number of hydrazone groups is 1. The molecule has 3 N–H and O–H groups in total. The van der Waals surface area contributed by atoms with E-state index < -0.39 is 0 Å². The zero-order valence-corrected chi connectivity index (χ0v) is 11.9. The normalized spacial score (nSPS) is 20.4. The topological polar surface area (TPSA) is 100 Å². The quantitative estimate of drug-likeness (QED) is 0.613. The van der Waals surface area contributed by atoms with Gasteiger partial charge in [0, 0.05) is 13.1 Å². The first-order valence-electron chi connectivity index (χ1n) is 6.44. The van der Waals surface area contributed by atoms with Crippen LogP contribution in [0.4, 0.5) is 5.69 Å². The molecule has 0 aromatic carbocycles. The van der Waals surface area contributed by atoms with Gasteiger partial charge in [0.1, 0.15) is 5.15 Å². The Labute approximate surface area is 126 Å². The van der Waals surface area contributed by atoms with E-state index in [2.05, 4.69) is 25.7 Å². The maximum absolute atomic E-state index is 5.83. The molecule has 110 valence electrons. The summed E-state index contributed by atoms with van der Waals surface area (Å²) in [6.07, 6.45) is 1.58. The third-order valence-electron chi connectivity index (χ3n) is 3.04. The second-order valence-corrected chi connectivity index (χ2v) is 4.84. The minimum atomic E-state index is 0.283. The number of nitrogens with two attached hydrogens (primary N) is 1. The van der Waals surface area contributed by atoms with Gasteiger partial charge in [-0.15, -0.1) is 10.2 Å². The van der Waals surface area contributed by atoms with Gasteiger partial charge in [-0.1, -0.05) is 11.6 Å². The van der Waals surface area contributed by atoms with Gasteiger partial charge in [0.05, 0.1) is 25.1 Å². The Balaban J connectivity index is 1.74. The summed E-state index contributed by atoms with van der Waals surface area (Å²) in [5, 5.41) is 12.7. The summed E-state index contributed by atoms with van der Waals surface area (Å²) < 4.78 is 5.32. The molecule has 2 aliphatic rings. The molecule has 0 atom stereocenters. The molecule has 2 aliphatic heterocycles. The lowest BCUT2D eigenvalue weighted by Crippen LogP contribution is -2.46. The van der Waals surface area contributed by atoms with E-state index in [1.165, 1.54) is 0 Å². The van der Waals surface area contributed by atoms with Gasteiger partial charge < -0.3 is 15.4 Å². The number of pyridine rings is 1. The van der Waals surface area contributed by atoms with Crippen LogP contribution >= 0.6 is 11.6 Å². The van der Waals surface area contributed by atoms with E-state index in [4.69, 9.17) is 22.1 Å². The van der Waals surface area contributed by atoms with Crippen molar-refractivity contribution < 1.29 is 4.74 Å². The summed E-state index contributed by atoms with van der Waals surface area (Å²) in [7, 11) is 0. The molecule has 8 nitrogen and oxygen atoms in total. The molecular formula is C12H14ClN7O. The van der Waals surface area contributed by atoms with Crippen LogP contribution in [0.2, 0.25) is 5.15 Å². The highest BCUT2D eigenvalue weighted by atomic mass is 35.5. The fourth-order valence-corrected chi connectivity index (χ4v) is 2.08. The zero-order valence-electron chi connectivity index (χ0n) is 11.2. The number of rotatable bonds is 2. The second kappa shape index (κ2) is 6.06. The summed E-state index contributed by atoms with van der Waals surface area (Å²) in [5.41, 5.74) is 9.94. The SMILES string of the molecule is NC1=NN=C(N2CCOCC2)/C1=N\Nc1ccc(Cl)nc1. The van der Waals surface area contributed by atoms with Gasteiger partial charge in [0.25, 0.3) is 0 Å². The first-order chi connectivity index (χ1) is 10.2. The van der Waals surface area contributed by atoms with Gasteiger partial charge in [0.15, 0.2) is 17.4 Å². The number of aromatic nitrogens is 1. The van der Waals surface area contributed by atoms with Crippen molar-refractivity contribution in [1.29, 1.82) is 0 Å². The summed E-state index contributed by atoms with van der Waals surface area (Å²) in [4.78, 5) is 6.02.